The minimum absolute atomic E-state index is 0.151. The van der Waals surface area contributed by atoms with E-state index in [0.717, 1.165) is 24.0 Å². The summed E-state index contributed by atoms with van der Waals surface area (Å²) in [5, 5.41) is 9.58. The molecule has 0 heterocycles. The van der Waals surface area contributed by atoms with Gasteiger partial charge in [-0.05, 0) is 48.2 Å². The predicted molar refractivity (Wildman–Crippen MR) is 84.7 cm³/mol. The predicted octanol–water partition coefficient (Wildman–Crippen LogP) is 3.42. The van der Waals surface area contributed by atoms with Gasteiger partial charge >= 0.3 is 0 Å². The molecule has 21 heavy (non-hydrogen) atoms. The van der Waals surface area contributed by atoms with Crippen molar-refractivity contribution in [1.82, 2.24) is 0 Å². The molecular formula is C16H18O4S. The van der Waals surface area contributed by atoms with Gasteiger partial charge in [-0.25, -0.2) is 0 Å². The lowest BCUT2D eigenvalue weighted by Gasteiger charge is -2.09. The minimum Gasteiger partial charge on any atom is -0.504 e. The molecule has 4 nitrogen and oxygen atoms in total. The Morgan fingerprint density at radius 2 is 1.43 bits per heavy atom. The molecule has 0 aliphatic rings. The van der Waals surface area contributed by atoms with Crippen LogP contribution in [0.3, 0.4) is 0 Å². The van der Waals surface area contributed by atoms with Crippen LogP contribution in [0.1, 0.15) is 11.1 Å². The van der Waals surface area contributed by atoms with Crippen LogP contribution in [0.25, 0.3) is 0 Å². The van der Waals surface area contributed by atoms with Crippen LogP contribution in [0.2, 0.25) is 0 Å². The Bertz CT molecular complexity index is 613. The maximum absolute atomic E-state index is 9.58. The normalized spacial score (nSPS) is 10.2. The van der Waals surface area contributed by atoms with Crippen molar-refractivity contribution in [3.63, 3.8) is 0 Å². The fourth-order valence-electron chi connectivity index (χ4n) is 2.11. The van der Waals surface area contributed by atoms with Crippen molar-refractivity contribution < 1.29 is 18.8 Å². The molecule has 0 saturated heterocycles. The van der Waals surface area contributed by atoms with Gasteiger partial charge in [0.25, 0.3) is 0 Å². The Kier molecular flexibility index (Phi) is 5.22. The average molecular weight is 306 g/mol. The number of aryl methyl sites for hydroxylation is 2. The third-order valence-corrected chi connectivity index (χ3v) is 3.47. The number of aromatic hydroxyl groups is 1. The maximum Gasteiger partial charge on any atom is 0.178 e. The average Bonchev–Trinajstić information content (AvgIpc) is 2.53. The Morgan fingerprint density at radius 3 is 2.00 bits per heavy atom. The van der Waals surface area contributed by atoms with Gasteiger partial charge in [-0.15, -0.1) is 0 Å². The van der Waals surface area contributed by atoms with Crippen molar-refractivity contribution in [2.75, 3.05) is 14.2 Å². The number of rotatable bonds is 6. The smallest absolute Gasteiger partial charge is 0.178 e. The highest BCUT2D eigenvalue weighted by molar-refractivity contribution is 7.75. The van der Waals surface area contributed by atoms with Crippen LogP contribution >= 0.6 is 12.9 Å². The van der Waals surface area contributed by atoms with Crippen LogP contribution < -0.4 is 13.7 Å². The van der Waals surface area contributed by atoms with Crippen molar-refractivity contribution in [1.29, 1.82) is 0 Å². The lowest BCUT2D eigenvalue weighted by Crippen LogP contribution is -1.95. The second kappa shape index (κ2) is 7.13. The maximum atomic E-state index is 9.58. The number of thiol groups is 1. The van der Waals surface area contributed by atoms with E-state index in [2.05, 4.69) is 12.9 Å². The molecular weight excluding hydrogens is 288 g/mol. The van der Waals surface area contributed by atoms with Gasteiger partial charge in [0, 0.05) is 12.9 Å². The summed E-state index contributed by atoms with van der Waals surface area (Å²) in [6, 6.07) is 11.1. The zero-order valence-electron chi connectivity index (χ0n) is 12.0. The van der Waals surface area contributed by atoms with E-state index in [9.17, 15) is 5.11 Å². The van der Waals surface area contributed by atoms with Gasteiger partial charge < -0.3 is 18.8 Å². The Hall–Kier alpha value is -2.01. The number of ether oxygens (including phenoxy) is 2. The largest absolute Gasteiger partial charge is 0.504 e. The van der Waals surface area contributed by atoms with Crippen molar-refractivity contribution in [3.8, 4) is 23.0 Å². The quantitative estimate of drug-likeness (QED) is 0.634. The van der Waals surface area contributed by atoms with Crippen molar-refractivity contribution in [2.45, 2.75) is 12.8 Å². The summed E-state index contributed by atoms with van der Waals surface area (Å²) >= 11 is 3.79. The third-order valence-electron chi connectivity index (χ3n) is 3.27. The summed E-state index contributed by atoms with van der Waals surface area (Å²) in [4.78, 5) is 0. The van der Waals surface area contributed by atoms with E-state index in [1.807, 2.05) is 30.3 Å². The summed E-state index contributed by atoms with van der Waals surface area (Å²) in [6.07, 6.45) is 1.68. The standard InChI is InChI=1S/C16H18O4S/c1-18-15-9-11(5-7-13(15)17)3-4-12-6-8-14(20-21)16(10-12)19-2/h5-10,17,21H,3-4H2,1-2H3. The number of hydrogen-bond donors (Lipinski definition) is 2. The lowest BCUT2D eigenvalue weighted by molar-refractivity contribution is 0.373. The number of hydrogen-bond acceptors (Lipinski definition) is 5. The summed E-state index contributed by atoms with van der Waals surface area (Å²) in [6.45, 7) is 0. The monoisotopic (exact) mass is 306 g/mol. The number of benzene rings is 2. The van der Waals surface area contributed by atoms with Crippen molar-refractivity contribution >= 4 is 12.9 Å². The van der Waals surface area contributed by atoms with Crippen LogP contribution in [-0.4, -0.2) is 19.3 Å². The Morgan fingerprint density at radius 1 is 0.857 bits per heavy atom. The Balaban J connectivity index is 2.09. The SMILES string of the molecule is COc1cc(CCc2ccc(OS)c(OC)c2)ccc1O. The van der Waals surface area contributed by atoms with E-state index in [-0.39, 0.29) is 5.75 Å². The highest BCUT2D eigenvalue weighted by atomic mass is 32.1. The zero-order valence-corrected chi connectivity index (χ0v) is 12.9. The highest BCUT2D eigenvalue weighted by Gasteiger charge is 2.07. The molecule has 2 rings (SSSR count). The van der Waals surface area contributed by atoms with Crippen molar-refractivity contribution in [2.24, 2.45) is 0 Å². The third kappa shape index (κ3) is 3.76. The molecule has 0 aliphatic heterocycles. The summed E-state index contributed by atoms with van der Waals surface area (Å²) in [5.41, 5.74) is 2.23. The van der Waals surface area contributed by atoms with E-state index in [4.69, 9.17) is 13.7 Å². The molecule has 0 saturated carbocycles. The molecule has 2 aromatic rings. The topological polar surface area (TPSA) is 47.9 Å². The van der Waals surface area contributed by atoms with Gasteiger partial charge in [0.05, 0.1) is 14.2 Å². The molecule has 0 atom stereocenters. The molecule has 1 N–H and O–H groups in total. The van der Waals surface area contributed by atoms with Crippen LogP contribution in [0.4, 0.5) is 0 Å². The van der Waals surface area contributed by atoms with E-state index in [1.165, 1.54) is 0 Å². The fraction of sp³-hybridized carbons (Fsp3) is 0.250. The molecule has 0 radical (unpaired) electrons. The van der Waals surface area contributed by atoms with Gasteiger partial charge in [-0.2, -0.15) is 0 Å². The molecule has 0 aliphatic carbocycles. The van der Waals surface area contributed by atoms with Crippen LogP contribution in [0, 0.1) is 0 Å². The molecule has 112 valence electrons. The first kappa shape index (κ1) is 15.4. The zero-order chi connectivity index (χ0) is 15.2. The van der Waals surface area contributed by atoms with E-state index < -0.39 is 0 Å². The summed E-state index contributed by atoms with van der Waals surface area (Å²) in [7, 11) is 3.14. The number of methoxy groups -OCH3 is 2. The summed E-state index contributed by atoms with van der Waals surface area (Å²) in [5.74, 6) is 1.89. The molecule has 0 amide bonds. The van der Waals surface area contributed by atoms with E-state index in [0.29, 0.717) is 17.2 Å². The first-order chi connectivity index (χ1) is 10.2. The molecule has 0 bridgehead atoms. The minimum atomic E-state index is 0.151. The number of phenols is 1. The van der Waals surface area contributed by atoms with Crippen LogP contribution in [-0.2, 0) is 12.8 Å². The van der Waals surface area contributed by atoms with Gasteiger partial charge in [-0.1, -0.05) is 12.1 Å². The fourth-order valence-corrected chi connectivity index (χ4v) is 2.26. The molecule has 5 heteroatoms. The lowest BCUT2D eigenvalue weighted by atomic mass is 10.0. The van der Waals surface area contributed by atoms with Gasteiger partial charge in [0.2, 0.25) is 0 Å². The van der Waals surface area contributed by atoms with Gasteiger partial charge in [-0.3, -0.25) is 0 Å². The van der Waals surface area contributed by atoms with E-state index in [1.54, 1.807) is 20.3 Å². The van der Waals surface area contributed by atoms with Crippen molar-refractivity contribution in [3.05, 3.63) is 47.5 Å². The second-order valence-corrected chi connectivity index (χ2v) is 4.77. The first-order valence-electron chi connectivity index (χ1n) is 6.52. The first-order valence-corrected chi connectivity index (χ1v) is 6.88. The van der Waals surface area contributed by atoms with Crippen LogP contribution in [0.15, 0.2) is 36.4 Å². The van der Waals surface area contributed by atoms with Gasteiger partial charge in [0.15, 0.2) is 23.0 Å². The van der Waals surface area contributed by atoms with E-state index >= 15 is 0 Å². The van der Waals surface area contributed by atoms with Crippen LogP contribution in [0.5, 0.6) is 23.0 Å². The molecule has 0 spiro atoms. The molecule has 0 aromatic heterocycles. The molecule has 0 unspecified atom stereocenters. The number of phenolic OH excluding ortho intramolecular Hbond substituents is 1. The molecule has 0 fully saturated rings. The summed E-state index contributed by atoms with van der Waals surface area (Å²) < 4.78 is 15.3. The Labute approximate surface area is 129 Å². The highest BCUT2D eigenvalue weighted by Crippen LogP contribution is 2.30. The second-order valence-electron chi connectivity index (χ2n) is 4.58. The molecule has 2 aromatic carbocycles. The van der Waals surface area contributed by atoms with Gasteiger partial charge in [0.1, 0.15) is 0 Å².